The molecule has 0 unspecified atom stereocenters. The highest BCUT2D eigenvalue weighted by Crippen LogP contribution is 2.25. The van der Waals surface area contributed by atoms with E-state index in [2.05, 4.69) is 31.1 Å². The second-order valence-electron chi connectivity index (χ2n) is 6.19. The van der Waals surface area contributed by atoms with Gasteiger partial charge in [-0.15, -0.1) is 0 Å². The summed E-state index contributed by atoms with van der Waals surface area (Å²) in [5.41, 5.74) is 4.83. The lowest BCUT2D eigenvalue weighted by Crippen LogP contribution is -2.30. The Morgan fingerprint density at radius 1 is 1.08 bits per heavy atom. The predicted octanol–water partition coefficient (Wildman–Crippen LogP) is 4.62. The lowest BCUT2D eigenvalue weighted by atomic mass is 10.0. The van der Waals surface area contributed by atoms with Gasteiger partial charge in [-0.3, -0.25) is 4.79 Å². The van der Waals surface area contributed by atoms with E-state index in [1.54, 1.807) is 4.90 Å². The molecule has 1 aromatic heterocycles. The van der Waals surface area contributed by atoms with E-state index in [0.717, 1.165) is 22.6 Å². The van der Waals surface area contributed by atoms with Gasteiger partial charge in [-0.05, 0) is 38.5 Å². The topological polar surface area (TPSA) is 46.3 Å². The summed E-state index contributed by atoms with van der Waals surface area (Å²) in [4.78, 5) is 14.4. The molecule has 4 heteroatoms. The van der Waals surface area contributed by atoms with Gasteiger partial charge in [0.1, 0.15) is 5.69 Å². The van der Waals surface area contributed by atoms with Crippen LogP contribution in [0.15, 0.2) is 59.1 Å². The molecule has 1 amide bonds. The second kappa shape index (κ2) is 7.34. The Hall–Kier alpha value is -2.88. The third-order valence-electron chi connectivity index (χ3n) is 4.25. The smallest absolute Gasteiger partial charge is 0.254 e. The number of aromatic nitrogens is 1. The summed E-state index contributed by atoms with van der Waals surface area (Å²) < 4.78 is 5.51. The minimum atomic E-state index is -0.000772. The number of hydrogen-bond acceptors (Lipinski definition) is 3. The molecule has 0 radical (unpaired) electrons. The van der Waals surface area contributed by atoms with Gasteiger partial charge in [0.15, 0.2) is 5.76 Å². The molecule has 0 fully saturated rings. The van der Waals surface area contributed by atoms with Gasteiger partial charge in [-0.2, -0.15) is 0 Å². The Kier molecular flexibility index (Phi) is 4.98. The number of amides is 1. The van der Waals surface area contributed by atoms with Crippen LogP contribution < -0.4 is 0 Å². The quantitative estimate of drug-likeness (QED) is 0.684. The zero-order chi connectivity index (χ0) is 17.8. The minimum Gasteiger partial charge on any atom is -0.356 e. The highest BCUT2D eigenvalue weighted by molar-refractivity contribution is 5.94. The Morgan fingerprint density at radius 3 is 2.52 bits per heavy atom. The first-order chi connectivity index (χ1) is 12.1. The number of carbonyl (C=O) groups is 1. The van der Waals surface area contributed by atoms with E-state index in [4.69, 9.17) is 4.52 Å². The van der Waals surface area contributed by atoms with Gasteiger partial charge in [-0.1, -0.05) is 47.1 Å². The Morgan fingerprint density at radius 2 is 1.84 bits per heavy atom. The van der Waals surface area contributed by atoms with Gasteiger partial charge in [0.05, 0.1) is 6.54 Å². The molecule has 3 aromatic rings. The summed E-state index contributed by atoms with van der Waals surface area (Å²) >= 11 is 0. The van der Waals surface area contributed by atoms with Crippen LogP contribution in [-0.2, 0) is 6.54 Å². The number of hydrogen-bond donors (Lipinski definition) is 0. The number of nitrogens with zero attached hydrogens (tertiary/aromatic N) is 2. The number of carbonyl (C=O) groups excluding carboxylic acids is 1. The molecular formula is C21H22N2O2. The van der Waals surface area contributed by atoms with Crippen LogP contribution in [-0.4, -0.2) is 22.5 Å². The number of aryl methyl sites for hydroxylation is 2. The van der Waals surface area contributed by atoms with Crippen LogP contribution in [0.25, 0.3) is 11.3 Å². The van der Waals surface area contributed by atoms with Crippen molar-refractivity contribution in [1.82, 2.24) is 10.1 Å². The molecule has 0 atom stereocenters. The molecule has 128 valence electrons. The third-order valence-corrected chi connectivity index (χ3v) is 4.25. The zero-order valence-corrected chi connectivity index (χ0v) is 14.8. The Bertz CT molecular complexity index is 869. The van der Waals surface area contributed by atoms with E-state index in [9.17, 15) is 4.79 Å². The van der Waals surface area contributed by atoms with E-state index in [1.807, 2.05) is 49.4 Å². The van der Waals surface area contributed by atoms with E-state index >= 15 is 0 Å². The highest BCUT2D eigenvalue weighted by Gasteiger charge is 2.17. The molecule has 0 bridgehead atoms. The van der Waals surface area contributed by atoms with Crippen molar-refractivity contribution in [2.45, 2.75) is 27.3 Å². The first-order valence-electron chi connectivity index (χ1n) is 8.46. The average molecular weight is 334 g/mol. The molecule has 0 N–H and O–H groups in total. The van der Waals surface area contributed by atoms with Crippen molar-refractivity contribution in [1.29, 1.82) is 0 Å². The van der Waals surface area contributed by atoms with Crippen molar-refractivity contribution in [2.24, 2.45) is 0 Å². The molecule has 0 saturated carbocycles. The average Bonchev–Trinajstić information content (AvgIpc) is 3.08. The van der Waals surface area contributed by atoms with Gasteiger partial charge < -0.3 is 9.42 Å². The van der Waals surface area contributed by atoms with Crippen LogP contribution in [0.3, 0.4) is 0 Å². The normalized spacial score (nSPS) is 10.7. The second-order valence-corrected chi connectivity index (χ2v) is 6.19. The van der Waals surface area contributed by atoms with Crippen LogP contribution in [0, 0.1) is 13.8 Å². The van der Waals surface area contributed by atoms with E-state index in [1.165, 1.54) is 5.56 Å². The fourth-order valence-corrected chi connectivity index (χ4v) is 2.89. The van der Waals surface area contributed by atoms with Crippen molar-refractivity contribution < 1.29 is 9.32 Å². The number of benzene rings is 2. The van der Waals surface area contributed by atoms with Crippen molar-refractivity contribution >= 4 is 5.91 Å². The summed E-state index contributed by atoms with van der Waals surface area (Å²) in [7, 11) is 0. The maximum Gasteiger partial charge on any atom is 0.254 e. The SMILES string of the molecule is CCN(Cc1cc(-c2ccc(C)cc2C)on1)C(=O)c1ccccc1. The minimum absolute atomic E-state index is 0.000772. The van der Waals surface area contributed by atoms with Crippen molar-refractivity contribution in [3.8, 4) is 11.3 Å². The summed E-state index contributed by atoms with van der Waals surface area (Å²) in [5, 5.41) is 4.15. The van der Waals surface area contributed by atoms with Crippen LogP contribution in [0.4, 0.5) is 0 Å². The fourth-order valence-electron chi connectivity index (χ4n) is 2.89. The lowest BCUT2D eigenvalue weighted by Gasteiger charge is -2.19. The van der Waals surface area contributed by atoms with Crippen molar-refractivity contribution in [3.63, 3.8) is 0 Å². The van der Waals surface area contributed by atoms with Crippen molar-refractivity contribution in [2.75, 3.05) is 6.54 Å². The predicted molar refractivity (Wildman–Crippen MR) is 98.3 cm³/mol. The van der Waals surface area contributed by atoms with Crippen LogP contribution in [0.1, 0.15) is 34.1 Å². The zero-order valence-electron chi connectivity index (χ0n) is 14.8. The van der Waals surface area contributed by atoms with E-state index in [0.29, 0.717) is 18.7 Å². The number of rotatable bonds is 5. The summed E-state index contributed by atoms with van der Waals surface area (Å²) in [6, 6.07) is 17.4. The van der Waals surface area contributed by atoms with E-state index in [-0.39, 0.29) is 5.91 Å². The van der Waals surface area contributed by atoms with Gasteiger partial charge in [-0.25, -0.2) is 0 Å². The van der Waals surface area contributed by atoms with Gasteiger partial charge in [0.25, 0.3) is 5.91 Å². The molecule has 0 aliphatic rings. The largest absolute Gasteiger partial charge is 0.356 e. The summed E-state index contributed by atoms with van der Waals surface area (Å²) in [5.74, 6) is 0.731. The standard InChI is InChI=1S/C21H22N2O2/c1-4-23(21(24)17-8-6-5-7-9-17)14-18-13-20(25-22-18)19-11-10-15(2)12-16(19)3/h5-13H,4,14H2,1-3H3. The third kappa shape index (κ3) is 3.79. The maximum atomic E-state index is 12.6. The molecular weight excluding hydrogens is 312 g/mol. The fraction of sp³-hybridized carbons (Fsp3) is 0.238. The first kappa shape index (κ1) is 17.0. The lowest BCUT2D eigenvalue weighted by molar-refractivity contribution is 0.0749. The molecule has 2 aromatic carbocycles. The molecule has 1 heterocycles. The summed E-state index contributed by atoms with van der Waals surface area (Å²) in [6.07, 6.45) is 0. The van der Waals surface area contributed by atoms with Gasteiger partial charge in [0.2, 0.25) is 0 Å². The molecule has 0 aliphatic carbocycles. The Labute approximate surface area is 148 Å². The molecule has 0 saturated heterocycles. The molecule has 4 nitrogen and oxygen atoms in total. The maximum absolute atomic E-state index is 12.6. The molecule has 0 aliphatic heterocycles. The summed E-state index contributed by atoms with van der Waals surface area (Å²) in [6.45, 7) is 7.13. The molecule has 25 heavy (non-hydrogen) atoms. The Balaban J connectivity index is 1.79. The van der Waals surface area contributed by atoms with Gasteiger partial charge in [0, 0.05) is 23.7 Å². The molecule has 3 rings (SSSR count). The first-order valence-corrected chi connectivity index (χ1v) is 8.46. The van der Waals surface area contributed by atoms with Crippen LogP contribution >= 0.6 is 0 Å². The van der Waals surface area contributed by atoms with Gasteiger partial charge >= 0.3 is 0 Å². The monoisotopic (exact) mass is 334 g/mol. The molecule has 0 spiro atoms. The van der Waals surface area contributed by atoms with E-state index < -0.39 is 0 Å². The van der Waals surface area contributed by atoms with Crippen LogP contribution in [0.2, 0.25) is 0 Å². The van der Waals surface area contributed by atoms with Crippen molar-refractivity contribution in [3.05, 3.63) is 77.0 Å². The van der Waals surface area contributed by atoms with Crippen LogP contribution in [0.5, 0.6) is 0 Å². The highest BCUT2D eigenvalue weighted by atomic mass is 16.5.